The third kappa shape index (κ3) is 15.1. The highest BCUT2D eigenvalue weighted by Gasteiger charge is 2.39. The van der Waals surface area contributed by atoms with Crippen molar-refractivity contribution in [3.8, 4) is 51.4 Å². The van der Waals surface area contributed by atoms with Crippen molar-refractivity contribution in [2.24, 2.45) is 0 Å². The molecule has 6 aromatic carbocycles. The predicted molar refractivity (Wildman–Crippen MR) is 299 cm³/mol. The lowest BCUT2D eigenvalue weighted by Crippen LogP contribution is -2.43. The van der Waals surface area contributed by atoms with E-state index >= 15 is 0 Å². The lowest BCUT2D eigenvalue weighted by molar-refractivity contribution is -0.155. The van der Waals surface area contributed by atoms with Gasteiger partial charge in [-0.2, -0.15) is 0 Å². The standard InChI is InChI=1S/C26H21N3O3.C17H15N3O.C17H28O4Si.H2O/c30-20-10-6-18(7-11-20)15-23-26(32)29-16-24(19-8-12-21(31)13-9-19)27-22(25(29)28-23)14-17-4-2-1-3-5-17;18-17-15(10-12-4-2-1-3-5-12)20-16(11-19-17)13-6-8-14(21)9-7-13;1-17(2,3)22(6,7)21-14-10-8-13(9-11-14)12-15(18)16(19-4)20-5;/h1-13,16,30-32H,14-15H2;1-9,11,21H,10H2,(H2,18,19);8-11,16H,12H2,1-7H3;1H2. The van der Waals surface area contributed by atoms with Crippen LogP contribution in [-0.2, 0) is 40.0 Å². The van der Waals surface area contributed by atoms with Crippen molar-refractivity contribution in [3.05, 3.63) is 209 Å². The van der Waals surface area contributed by atoms with Crippen molar-refractivity contribution in [1.29, 1.82) is 0 Å². The zero-order valence-corrected chi connectivity index (χ0v) is 44.8. The van der Waals surface area contributed by atoms with Crippen LogP contribution in [0.5, 0.6) is 28.9 Å². The van der Waals surface area contributed by atoms with Crippen molar-refractivity contribution in [2.75, 3.05) is 20.0 Å². The maximum atomic E-state index is 11.9. The van der Waals surface area contributed by atoms with Gasteiger partial charge in [0, 0.05) is 57.2 Å². The Morgan fingerprint density at radius 2 is 1.04 bits per heavy atom. The Labute approximate surface area is 444 Å². The van der Waals surface area contributed by atoms with E-state index < -0.39 is 14.6 Å². The number of hydrogen-bond acceptors (Lipinski definition) is 13. The molecule has 76 heavy (non-hydrogen) atoms. The fourth-order valence-electron chi connectivity index (χ4n) is 7.64. The van der Waals surface area contributed by atoms with Gasteiger partial charge in [-0.25, -0.2) is 19.9 Å². The highest BCUT2D eigenvalue weighted by Crippen LogP contribution is 2.37. The molecule has 16 heteroatoms. The Morgan fingerprint density at radius 3 is 1.55 bits per heavy atom. The quantitative estimate of drug-likeness (QED) is 0.0475. The molecule has 3 aromatic heterocycles. The van der Waals surface area contributed by atoms with Crippen LogP contribution < -0.4 is 10.2 Å². The number of nitrogens with zero attached hydrogens (tertiary/aromatic N) is 5. The van der Waals surface area contributed by atoms with Gasteiger partial charge in [-0.15, -0.1) is 0 Å². The van der Waals surface area contributed by atoms with Gasteiger partial charge in [-0.1, -0.05) is 106 Å². The molecule has 3 heterocycles. The van der Waals surface area contributed by atoms with E-state index in [2.05, 4.69) is 43.8 Å². The molecular weight excluding hydrogens is 977 g/mol. The fourth-order valence-corrected chi connectivity index (χ4v) is 8.67. The van der Waals surface area contributed by atoms with E-state index in [0.29, 0.717) is 42.1 Å². The minimum atomic E-state index is -1.83. The normalized spacial score (nSPS) is 11.2. The van der Waals surface area contributed by atoms with Crippen molar-refractivity contribution in [1.82, 2.24) is 24.3 Å². The molecule has 0 spiro atoms. The zero-order valence-electron chi connectivity index (χ0n) is 43.8. The van der Waals surface area contributed by atoms with Crippen LogP contribution in [0.4, 0.5) is 5.82 Å². The molecule has 0 aliphatic carbocycles. The van der Waals surface area contributed by atoms with Crippen molar-refractivity contribution < 1.29 is 44.6 Å². The Bertz CT molecular complexity index is 3280. The van der Waals surface area contributed by atoms with Gasteiger partial charge >= 0.3 is 0 Å². The van der Waals surface area contributed by atoms with E-state index in [-0.39, 0.29) is 45.8 Å². The average molecular weight is 1040 g/mol. The number of imidazole rings is 1. The summed E-state index contributed by atoms with van der Waals surface area (Å²) in [6.45, 7) is 11.1. The summed E-state index contributed by atoms with van der Waals surface area (Å²) in [5.41, 5.74) is 15.8. The first-order valence-electron chi connectivity index (χ1n) is 24.4. The van der Waals surface area contributed by atoms with E-state index in [4.69, 9.17) is 29.6 Å². The van der Waals surface area contributed by atoms with Crippen molar-refractivity contribution in [2.45, 2.75) is 70.9 Å². The van der Waals surface area contributed by atoms with Crippen molar-refractivity contribution >= 4 is 25.6 Å². The number of fused-ring (bicyclic) bond motifs is 1. The number of phenolic OH excluding ortho intramolecular Hbond substituents is 3. The molecule has 9 rings (SSSR count). The van der Waals surface area contributed by atoms with E-state index in [1.807, 2.05) is 109 Å². The molecule has 0 fully saturated rings. The molecule has 0 saturated carbocycles. The van der Waals surface area contributed by atoms with Crippen LogP contribution in [0.2, 0.25) is 18.1 Å². The monoisotopic (exact) mass is 1040 g/mol. The minimum absolute atomic E-state index is 0. The number of benzene rings is 6. The first-order valence-corrected chi connectivity index (χ1v) is 27.3. The summed E-state index contributed by atoms with van der Waals surface area (Å²) in [7, 11) is 1.09. The number of phenols is 3. The number of nitrogens with two attached hydrogens (primary N) is 1. The highest BCUT2D eigenvalue weighted by molar-refractivity contribution is 6.74. The second kappa shape index (κ2) is 25.7. The molecule has 15 nitrogen and oxygen atoms in total. The number of carbonyl (C=O) groups is 1. The van der Waals surface area contributed by atoms with Gasteiger partial charge in [0.15, 0.2) is 11.4 Å². The number of ketones is 1. The van der Waals surface area contributed by atoms with Crippen LogP contribution in [0, 0.1) is 0 Å². The number of aromatic nitrogens is 5. The van der Waals surface area contributed by atoms with Crippen LogP contribution >= 0.6 is 0 Å². The summed E-state index contributed by atoms with van der Waals surface area (Å²) in [6.07, 6.45) is 4.52. The minimum Gasteiger partial charge on any atom is -0.544 e. The van der Waals surface area contributed by atoms with Gasteiger partial charge in [0.1, 0.15) is 34.5 Å². The van der Waals surface area contributed by atoms with Crippen molar-refractivity contribution in [3.63, 3.8) is 0 Å². The third-order valence-electron chi connectivity index (χ3n) is 12.8. The number of anilines is 1. The Morgan fingerprint density at radius 1 is 0.592 bits per heavy atom. The van der Waals surface area contributed by atoms with Crippen LogP contribution in [0.15, 0.2) is 170 Å². The maximum Gasteiger partial charge on any atom is 0.250 e. The average Bonchev–Trinajstić information content (AvgIpc) is 3.72. The topological polar surface area (TPSA) is 239 Å². The number of ether oxygens (including phenoxy) is 2. The summed E-state index contributed by atoms with van der Waals surface area (Å²) < 4.78 is 17.8. The highest BCUT2D eigenvalue weighted by atomic mass is 28.4. The predicted octanol–water partition coefficient (Wildman–Crippen LogP) is 10.7. The molecule has 0 aliphatic rings. The van der Waals surface area contributed by atoms with E-state index in [1.165, 1.54) is 14.2 Å². The van der Waals surface area contributed by atoms with Gasteiger partial charge in [0.25, 0.3) is 0 Å². The first-order chi connectivity index (χ1) is 35.9. The smallest absolute Gasteiger partial charge is 0.250 e. The molecular formula is C60H66N6O9Si. The zero-order chi connectivity index (χ0) is 53.7. The molecule has 8 N–H and O–H groups in total. The number of hydrogen-bond donors (Lipinski definition) is 5. The molecule has 0 saturated heterocycles. The Kier molecular flexibility index (Phi) is 19.2. The fraction of sp³-hybridized carbons (Fsp3) is 0.217. The number of carbonyl (C=O) groups excluding carboxylic acids is 1. The third-order valence-corrected chi connectivity index (χ3v) is 17.2. The van der Waals surface area contributed by atoms with Gasteiger partial charge in [0.2, 0.25) is 20.5 Å². The van der Waals surface area contributed by atoms with E-state index in [1.54, 1.807) is 65.3 Å². The summed E-state index contributed by atoms with van der Waals surface area (Å²) in [4.78, 5) is 30.4. The van der Waals surface area contributed by atoms with Gasteiger partial charge in [-0.05, 0) is 113 Å². The molecule has 0 radical (unpaired) electrons. The number of aromatic hydroxyl groups is 4. The van der Waals surface area contributed by atoms with Gasteiger partial charge in [-0.3, -0.25) is 9.20 Å². The van der Waals surface area contributed by atoms with Crippen LogP contribution in [0.3, 0.4) is 0 Å². The lowest BCUT2D eigenvalue weighted by Gasteiger charge is -2.36. The largest absolute Gasteiger partial charge is 0.544 e. The molecule has 0 amide bonds. The molecule has 394 valence electrons. The van der Waals surface area contributed by atoms with Crippen LogP contribution in [0.25, 0.3) is 28.2 Å². The molecule has 0 atom stereocenters. The van der Waals surface area contributed by atoms with Crippen LogP contribution in [0.1, 0.15) is 60.1 Å². The maximum absolute atomic E-state index is 11.9. The molecule has 0 bridgehead atoms. The summed E-state index contributed by atoms with van der Waals surface area (Å²) in [6, 6.07) is 48.3. The van der Waals surface area contributed by atoms with Gasteiger partial charge < -0.3 is 45.5 Å². The molecule has 9 aromatic rings. The lowest BCUT2D eigenvalue weighted by atomic mass is 10.1. The second-order valence-corrected chi connectivity index (χ2v) is 24.2. The van der Waals surface area contributed by atoms with Crippen LogP contribution in [-0.4, -0.2) is 84.8 Å². The number of nitrogen functional groups attached to an aromatic ring is 1. The first kappa shape index (κ1) is 56.9. The summed E-state index contributed by atoms with van der Waals surface area (Å²) in [5.74, 6) is 1.88. The van der Waals surface area contributed by atoms with E-state index in [9.17, 15) is 25.2 Å². The molecule has 0 aliphatic heterocycles. The summed E-state index contributed by atoms with van der Waals surface area (Å²) in [5, 5.41) is 39.7. The SMILES string of the molecule is COC(OC)C(=O)Cc1ccc(O[Si](C)(C)C(C)(C)C)cc1.Nc1ncc(-c2ccc(O)cc2)nc1Cc1ccccc1.O.Oc1ccc(Cc2nc3c(Cc4ccccc4)nc(-c4ccc(O)cc4)cn3c2O)cc1. The van der Waals surface area contributed by atoms with Gasteiger partial charge in [0.05, 0.1) is 29.0 Å². The number of rotatable bonds is 15. The number of methoxy groups -OCH3 is 2. The number of Topliss-reactive ketones (excluding diaryl/α,β-unsaturated/α-hetero) is 1. The second-order valence-electron chi connectivity index (χ2n) is 19.5. The Balaban J connectivity index is 0.000000190. The summed E-state index contributed by atoms with van der Waals surface area (Å²) >= 11 is 0. The molecule has 0 unspecified atom stereocenters. The van der Waals surface area contributed by atoms with E-state index in [0.717, 1.165) is 56.2 Å². The Hall–Kier alpha value is -8.41.